The van der Waals surface area contributed by atoms with E-state index in [-0.39, 0.29) is 17.9 Å². The van der Waals surface area contributed by atoms with Crippen molar-refractivity contribution in [1.82, 2.24) is 0 Å². The van der Waals surface area contributed by atoms with Crippen LogP contribution in [0.3, 0.4) is 0 Å². The summed E-state index contributed by atoms with van der Waals surface area (Å²) in [6, 6.07) is -0.0674. The molecule has 5 unspecified atom stereocenters. The predicted octanol–water partition coefficient (Wildman–Crippen LogP) is 1.60. The van der Waals surface area contributed by atoms with Crippen LogP contribution in [0.5, 0.6) is 0 Å². The zero-order chi connectivity index (χ0) is 11.7. The van der Waals surface area contributed by atoms with Crippen LogP contribution in [0.15, 0.2) is 0 Å². The molecule has 16 heavy (non-hydrogen) atoms. The highest BCUT2D eigenvalue weighted by molar-refractivity contribution is 5.84. The SMILES string of the molecule is CC1CCC(C(=O)C2COCC2N)CC1C. The van der Waals surface area contributed by atoms with E-state index in [4.69, 9.17) is 10.5 Å². The summed E-state index contributed by atoms with van der Waals surface area (Å²) in [5.41, 5.74) is 5.90. The lowest BCUT2D eigenvalue weighted by molar-refractivity contribution is -0.128. The van der Waals surface area contributed by atoms with Crippen LogP contribution < -0.4 is 5.73 Å². The fourth-order valence-electron chi connectivity index (χ4n) is 2.97. The number of ketones is 1. The van der Waals surface area contributed by atoms with E-state index in [2.05, 4.69) is 13.8 Å². The van der Waals surface area contributed by atoms with Gasteiger partial charge in [0.25, 0.3) is 0 Å². The third-order valence-corrected chi connectivity index (χ3v) is 4.49. The van der Waals surface area contributed by atoms with Crippen LogP contribution in [-0.2, 0) is 9.53 Å². The lowest BCUT2D eigenvalue weighted by atomic mass is 9.72. The summed E-state index contributed by atoms with van der Waals surface area (Å²) in [5, 5.41) is 0. The smallest absolute Gasteiger partial charge is 0.143 e. The monoisotopic (exact) mass is 225 g/mol. The lowest BCUT2D eigenvalue weighted by Crippen LogP contribution is -2.39. The van der Waals surface area contributed by atoms with Crippen LogP contribution in [0, 0.1) is 23.7 Å². The number of Topliss-reactive ketones (excluding diaryl/α,β-unsaturated/α-hetero) is 1. The van der Waals surface area contributed by atoms with Crippen LogP contribution in [0.25, 0.3) is 0 Å². The molecule has 0 spiro atoms. The van der Waals surface area contributed by atoms with E-state index >= 15 is 0 Å². The van der Waals surface area contributed by atoms with E-state index < -0.39 is 0 Å². The summed E-state index contributed by atoms with van der Waals surface area (Å²) in [6.45, 7) is 5.64. The molecule has 2 N–H and O–H groups in total. The topological polar surface area (TPSA) is 52.3 Å². The van der Waals surface area contributed by atoms with Crippen molar-refractivity contribution in [2.24, 2.45) is 29.4 Å². The number of hydrogen-bond acceptors (Lipinski definition) is 3. The third kappa shape index (κ3) is 2.30. The van der Waals surface area contributed by atoms with Gasteiger partial charge < -0.3 is 10.5 Å². The first-order chi connectivity index (χ1) is 7.59. The standard InChI is InChI=1S/C13H23NO2/c1-8-3-4-10(5-9(8)2)13(15)11-6-16-7-12(11)14/h8-12H,3-7,14H2,1-2H3. The minimum Gasteiger partial charge on any atom is -0.379 e. The first-order valence-electron chi connectivity index (χ1n) is 6.46. The molecule has 3 nitrogen and oxygen atoms in total. The molecule has 1 saturated carbocycles. The fourth-order valence-corrected chi connectivity index (χ4v) is 2.97. The average Bonchev–Trinajstić information content (AvgIpc) is 2.67. The second kappa shape index (κ2) is 4.84. The molecular formula is C13H23NO2. The number of carbonyl (C=O) groups is 1. The van der Waals surface area contributed by atoms with Crippen LogP contribution in [-0.4, -0.2) is 25.0 Å². The normalized spacial score (nSPS) is 44.6. The molecule has 1 heterocycles. The molecule has 0 aromatic carbocycles. The van der Waals surface area contributed by atoms with Crippen molar-refractivity contribution in [1.29, 1.82) is 0 Å². The zero-order valence-corrected chi connectivity index (χ0v) is 10.3. The molecule has 0 aromatic rings. The number of nitrogens with two attached hydrogens (primary N) is 1. The van der Waals surface area contributed by atoms with Crippen molar-refractivity contribution in [3.63, 3.8) is 0 Å². The molecule has 1 aliphatic carbocycles. The summed E-state index contributed by atoms with van der Waals surface area (Å²) in [6.07, 6.45) is 3.27. The molecule has 92 valence electrons. The van der Waals surface area contributed by atoms with Gasteiger partial charge in [0.15, 0.2) is 0 Å². The summed E-state index contributed by atoms with van der Waals surface area (Å²) in [4.78, 5) is 12.3. The largest absolute Gasteiger partial charge is 0.379 e. The van der Waals surface area contributed by atoms with E-state index in [1.165, 1.54) is 6.42 Å². The van der Waals surface area contributed by atoms with Crippen molar-refractivity contribution >= 4 is 5.78 Å². The van der Waals surface area contributed by atoms with Gasteiger partial charge in [0.2, 0.25) is 0 Å². The Kier molecular flexibility index (Phi) is 3.65. The van der Waals surface area contributed by atoms with Gasteiger partial charge in [0, 0.05) is 12.0 Å². The molecule has 0 aromatic heterocycles. The number of hydrogen-bond donors (Lipinski definition) is 1. The minimum absolute atomic E-state index is 0.0365. The van der Waals surface area contributed by atoms with Crippen molar-refractivity contribution in [3.05, 3.63) is 0 Å². The van der Waals surface area contributed by atoms with Gasteiger partial charge in [-0.25, -0.2) is 0 Å². The fraction of sp³-hybridized carbons (Fsp3) is 0.923. The van der Waals surface area contributed by atoms with Gasteiger partial charge in [-0.2, -0.15) is 0 Å². The molecular weight excluding hydrogens is 202 g/mol. The first kappa shape index (κ1) is 12.1. The number of ether oxygens (including phenoxy) is 1. The maximum absolute atomic E-state index is 12.3. The van der Waals surface area contributed by atoms with Gasteiger partial charge in [0.05, 0.1) is 19.1 Å². The quantitative estimate of drug-likeness (QED) is 0.776. The van der Waals surface area contributed by atoms with E-state index in [1.807, 2.05) is 0 Å². The van der Waals surface area contributed by atoms with E-state index in [0.717, 1.165) is 18.8 Å². The molecule has 2 fully saturated rings. The van der Waals surface area contributed by atoms with E-state index in [0.29, 0.717) is 24.9 Å². The van der Waals surface area contributed by atoms with Crippen molar-refractivity contribution in [2.75, 3.05) is 13.2 Å². The Labute approximate surface area is 97.7 Å². The maximum Gasteiger partial charge on any atom is 0.143 e. The molecule has 1 aliphatic heterocycles. The van der Waals surface area contributed by atoms with E-state index in [1.54, 1.807) is 0 Å². The summed E-state index contributed by atoms with van der Waals surface area (Å²) in [5.74, 6) is 2.00. The Morgan fingerprint density at radius 1 is 1.19 bits per heavy atom. The highest BCUT2D eigenvalue weighted by Crippen LogP contribution is 2.35. The second-order valence-electron chi connectivity index (χ2n) is 5.67. The molecule has 3 heteroatoms. The summed E-state index contributed by atoms with van der Waals surface area (Å²) >= 11 is 0. The highest BCUT2D eigenvalue weighted by atomic mass is 16.5. The Morgan fingerprint density at radius 2 is 1.94 bits per heavy atom. The summed E-state index contributed by atoms with van der Waals surface area (Å²) in [7, 11) is 0. The van der Waals surface area contributed by atoms with Gasteiger partial charge in [0.1, 0.15) is 5.78 Å². The lowest BCUT2D eigenvalue weighted by Gasteiger charge is -2.32. The van der Waals surface area contributed by atoms with Gasteiger partial charge in [-0.1, -0.05) is 13.8 Å². The first-order valence-corrected chi connectivity index (χ1v) is 6.46. The number of rotatable bonds is 2. The Balaban J connectivity index is 1.95. The van der Waals surface area contributed by atoms with Gasteiger partial charge in [-0.3, -0.25) is 4.79 Å². The molecule has 1 saturated heterocycles. The summed E-state index contributed by atoms with van der Waals surface area (Å²) < 4.78 is 5.28. The van der Waals surface area contributed by atoms with Crippen molar-refractivity contribution < 1.29 is 9.53 Å². The maximum atomic E-state index is 12.3. The molecule has 0 amide bonds. The van der Waals surface area contributed by atoms with Crippen LogP contribution in [0.1, 0.15) is 33.1 Å². The van der Waals surface area contributed by atoms with Gasteiger partial charge in [-0.05, 0) is 31.1 Å². The second-order valence-corrected chi connectivity index (χ2v) is 5.67. The van der Waals surface area contributed by atoms with Crippen molar-refractivity contribution in [2.45, 2.75) is 39.2 Å². The van der Waals surface area contributed by atoms with Gasteiger partial charge >= 0.3 is 0 Å². The molecule has 0 radical (unpaired) electrons. The minimum atomic E-state index is -0.0674. The van der Waals surface area contributed by atoms with Gasteiger partial charge in [-0.15, -0.1) is 0 Å². The van der Waals surface area contributed by atoms with Crippen LogP contribution in [0.2, 0.25) is 0 Å². The molecule has 5 atom stereocenters. The predicted molar refractivity (Wildman–Crippen MR) is 63.0 cm³/mol. The molecule has 0 bridgehead atoms. The third-order valence-electron chi connectivity index (χ3n) is 4.49. The van der Waals surface area contributed by atoms with E-state index in [9.17, 15) is 4.79 Å². The highest BCUT2D eigenvalue weighted by Gasteiger charge is 2.37. The zero-order valence-electron chi connectivity index (χ0n) is 10.3. The van der Waals surface area contributed by atoms with Crippen LogP contribution >= 0.6 is 0 Å². The average molecular weight is 225 g/mol. The Hall–Kier alpha value is -0.410. The Morgan fingerprint density at radius 3 is 2.50 bits per heavy atom. The Bertz CT molecular complexity index is 267. The van der Waals surface area contributed by atoms with Crippen molar-refractivity contribution in [3.8, 4) is 0 Å². The molecule has 2 aliphatic rings. The number of carbonyl (C=O) groups excluding carboxylic acids is 1. The molecule has 2 rings (SSSR count). The van der Waals surface area contributed by atoms with Crippen LogP contribution in [0.4, 0.5) is 0 Å².